The minimum Gasteiger partial charge on any atom is -0.490 e. The highest BCUT2D eigenvalue weighted by Crippen LogP contribution is 2.35. The van der Waals surface area contributed by atoms with Crippen LogP contribution in [0, 0.1) is 3.57 Å². The van der Waals surface area contributed by atoms with E-state index in [1.54, 1.807) is 43.3 Å². The van der Waals surface area contributed by atoms with Crippen molar-refractivity contribution >= 4 is 51.9 Å². The Hall–Kier alpha value is -3.65. The summed E-state index contributed by atoms with van der Waals surface area (Å²) in [6.07, 6.45) is 3.20. The number of carbonyl (C=O) groups excluding carboxylic acids is 2. The van der Waals surface area contributed by atoms with Crippen molar-refractivity contribution in [1.29, 1.82) is 0 Å². The summed E-state index contributed by atoms with van der Waals surface area (Å²) in [6.45, 7) is 6.44. The van der Waals surface area contributed by atoms with Gasteiger partial charge in [0.05, 0.1) is 46.6 Å². The number of hydrogen-bond donors (Lipinski definition) is 0. The lowest BCUT2D eigenvalue weighted by Crippen LogP contribution is -2.39. The second-order valence-electron chi connectivity index (χ2n) is 8.53. The van der Waals surface area contributed by atoms with Crippen molar-refractivity contribution in [3.63, 3.8) is 0 Å². The van der Waals surface area contributed by atoms with Gasteiger partial charge in [-0.1, -0.05) is 23.5 Å². The van der Waals surface area contributed by atoms with Crippen molar-refractivity contribution in [2.24, 2.45) is 4.99 Å². The Morgan fingerprint density at radius 2 is 1.73 bits per heavy atom. The molecular formula is C29H29IN2O8S. The van der Waals surface area contributed by atoms with Crippen LogP contribution < -0.4 is 29.1 Å². The van der Waals surface area contributed by atoms with E-state index in [2.05, 4.69) is 27.6 Å². The average molecular weight is 693 g/mol. The van der Waals surface area contributed by atoms with Crippen LogP contribution in [0.5, 0.6) is 17.2 Å². The van der Waals surface area contributed by atoms with Crippen molar-refractivity contribution in [2.45, 2.75) is 26.8 Å². The molecule has 0 saturated carbocycles. The van der Waals surface area contributed by atoms with Crippen molar-refractivity contribution in [3.8, 4) is 17.2 Å². The second kappa shape index (κ2) is 13.8. The Labute approximate surface area is 254 Å². The Balaban J connectivity index is 1.76. The summed E-state index contributed by atoms with van der Waals surface area (Å²) in [6, 6.07) is 9.93. The number of benzene rings is 2. The predicted molar refractivity (Wildman–Crippen MR) is 161 cm³/mol. The number of hydrogen-bond acceptors (Lipinski definition) is 10. The molecule has 0 amide bonds. The Morgan fingerprint density at radius 3 is 2.41 bits per heavy atom. The van der Waals surface area contributed by atoms with Gasteiger partial charge in [-0.25, -0.2) is 14.6 Å². The zero-order valence-electron chi connectivity index (χ0n) is 23.0. The first kappa shape index (κ1) is 30.3. The fraction of sp³-hybridized carbons (Fsp3) is 0.310. The zero-order chi connectivity index (χ0) is 29.5. The maximum atomic E-state index is 13.8. The van der Waals surface area contributed by atoms with E-state index in [0.717, 1.165) is 9.13 Å². The monoisotopic (exact) mass is 692 g/mol. The van der Waals surface area contributed by atoms with Gasteiger partial charge < -0.3 is 23.7 Å². The van der Waals surface area contributed by atoms with Crippen molar-refractivity contribution in [2.75, 3.05) is 33.5 Å². The van der Waals surface area contributed by atoms with E-state index in [1.807, 2.05) is 19.9 Å². The predicted octanol–water partition coefficient (Wildman–Crippen LogP) is 3.36. The third kappa shape index (κ3) is 6.81. The average Bonchev–Trinajstić information content (AvgIpc) is 3.27. The van der Waals surface area contributed by atoms with Gasteiger partial charge in [0, 0.05) is 6.20 Å². The van der Waals surface area contributed by atoms with Gasteiger partial charge in [0.2, 0.25) is 0 Å². The molecule has 4 rings (SSSR count). The fourth-order valence-corrected chi connectivity index (χ4v) is 5.87. The highest BCUT2D eigenvalue weighted by atomic mass is 127. The van der Waals surface area contributed by atoms with Gasteiger partial charge in [0.25, 0.3) is 5.56 Å². The first-order chi connectivity index (χ1) is 19.8. The van der Waals surface area contributed by atoms with Gasteiger partial charge in [-0.3, -0.25) is 9.36 Å². The minimum atomic E-state index is -0.783. The van der Waals surface area contributed by atoms with Gasteiger partial charge in [0.1, 0.15) is 5.75 Å². The summed E-state index contributed by atoms with van der Waals surface area (Å²) in [7, 11) is 1.29. The molecule has 2 heterocycles. The van der Waals surface area contributed by atoms with Crippen LogP contribution in [0.15, 0.2) is 58.0 Å². The largest absolute Gasteiger partial charge is 0.490 e. The number of ether oxygens (including phenoxy) is 5. The van der Waals surface area contributed by atoms with E-state index in [1.165, 1.54) is 29.2 Å². The highest BCUT2D eigenvalue weighted by Gasteiger charge is 2.31. The zero-order valence-corrected chi connectivity index (χ0v) is 25.9. The molecule has 41 heavy (non-hydrogen) atoms. The summed E-state index contributed by atoms with van der Waals surface area (Å²) < 4.78 is 29.7. The third-order valence-corrected chi connectivity index (χ3v) is 7.75. The quantitative estimate of drug-likeness (QED) is 0.222. The van der Waals surface area contributed by atoms with Crippen LogP contribution in [0.4, 0.5) is 0 Å². The van der Waals surface area contributed by atoms with Crippen molar-refractivity contribution < 1.29 is 33.3 Å². The van der Waals surface area contributed by atoms with Crippen LogP contribution >= 0.6 is 33.9 Å². The normalized spacial score (nSPS) is 14.4. The van der Waals surface area contributed by atoms with Crippen LogP contribution in [-0.2, 0) is 19.1 Å². The van der Waals surface area contributed by atoms with Gasteiger partial charge in [-0.15, -0.1) is 0 Å². The molecule has 1 aliphatic heterocycles. The number of methoxy groups -OCH3 is 1. The van der Waals surface area contributed by atoms with E-state index in [4.69, 9.17) is 23.7 Å². The molecule has 0 radical (unpaired) electrons. The molecule has 12 heteroatoms. The molecule has 216 valence electrons. The number of halogens is 1. The lowest BCUT2D eigenvalue weighted by molar-refractivity contribution is -0.145. The van der Waals surface area contributed by atoms with Crippen molar-refractivity contribution in [1.82, 2.24) is 4.57 Å². The van der Waals surface area contributed by atoms with Gasteiger partial charge in [-0.2, -0.15) is 0 Å². The Bertz CT molecular complexity index is 1660. The molecular weight excluding hydrogens is 663 g/mol. The molecule has 0 unspecified atom stereocenters. The smallest absolute Gasteiger partial charge is 0.344 e. The number of thiazole rings is 1. The standard InChI is InChI=1S/C29H29IN2O8S/c1-5-37-22-11-9-18(14-23(22)38-6-2)26-19(28(35)36-4)15-31-29-32(26)27(34)24(41-29)13-17-8-10-21(20(30)12-17)40-16-25(33)39-7-3/h8-15,26H,5-7,16H2,1-4H3/b24-13-/t26-/m1/s1. The number of fused-ring (bicyclic) bond motifs is 1. The number of aromatic nitrogens is 1. The minimum absolute atomic E-state index is 0.194. The number of nitrogens with zero attached hydrogens (tertiary/aromatic N) is 2. The molecule has 0 aliphatic carbocycles. The maximum absolute atomic E-state index is 13.8. The summed E-state index contributed by atoms with van der Waals surface area (Å²) in [4.78, 5) is 43.1. The summed E-state index contributed by atoms with van der Waals surface area (Å²) in [5, 5.41) is 0. The third-order valence-electron chi connectivity index (χ3n) is 5.91. The SMILES string of the molecule is CCOC(=O)COc1ccc(/C=c2\sc3n(c2=O)[C@H](c2ccc(OCC)c(OCC)c2)C(C(=O)OC)=CN=3)cc1I. The van der Waals surface area contributed by atoms with Crippen LogP contribution in [0.1, 0.15) is 37.9 Å². The Kier molecular flexibility index (Phi) is 10.2. The molecule has 0 N–H and O–H groups in total. The molecule has 1 atom stereocenters. The molecule has 3 aromatic rings. The van der Waals surface area contributed by atoms with E-state index < -0.39 is 18.0 Å². The van der Waals surface area contributed by atoms with E-state index >= 15 is 0 Å². The van der Waals surface area contributed by atoms with Crippen molar-refractivity contribution in [3.05, 3.63) is 82.6 Å². The highest BCUT2D eigenvalue weighted by molar-refractivity contribution is 14.1. The lowest BCUT2D eigenvalue weighted by Gasteiger charge is -2.23. The molecule has 0 spiro atoms. The number of carbonyl (C=O) groups is 2. The van der Waals surface area contributed by atoms with E-state index in [9.17, 15) is 14.4 Å². The maximum Gasteiger partial charge on any atom is 0.344 e. The first-order valence-electron chi connectivity index (χ1n) is 12.9. The van der Waals surface area contributed by atoms with Crippen LogP contribution in [0.25, 0.3) is 6.08 Å². The van der Waals surface area contributed by atoms with Gasteiger partial charge >= 0.3 is 11.9 Å². The fourth-order valence-electron chi connectivity index (χ4n) is 4.20. The summed E-state index contributed by atoms with van der Waals surface area (Å²) in [5.41, 5.74) is 1.31. The summed E-state index contributed by atoms with van der Waals surface area (Å²) >= 11 is 3.32. The number of esters is 2. The lowest BCUT2D eigenvalue weighted by atomic mass is 9.97. The van der Waals surface area contributed by atoms with Gasteiger partial charge in [0.15, 0.2) is 22.9 Å². The molecule has 0 saturated heterocycles. The number of rotatable bonds is 11. The molecule has 2 aromatic carbocycles. The molecule has 10 nitrogen and oxygen atoms in total. The van der Waals surface area contributed by atoms with Crippen LogP contribution in [0.3, 0.4) is 0 Å². The van der Waals surface area contributed by atoms with E-state index in [-0.39, 0.29) is 24.3 Å². The van der Waals surface area contributed by atoms with Crippen LogP contribution in [0.2, 0.25) is 0 Å². The molecule has 0 bridgehead atoms. The topological polar surface area (TPSA) is 115 Å². The molecule has 0 fully saturated rings. The molecule has 1 aromatic heterocycles. The second-order valence-corrected chi connectivity index (χ2v) is 10.7. The first-order valence-corrected chi connectivity index (χ1v) is 14.8. The Morgan fingerprint density at radius 1 is 1.00 bits per heavy atom. The molecule has 1 aliphatic rings. The van der Waals surface area contributed by atoms with Gasteiger partial charge in [-0.05, 0) is 84.8 Å². The van der Waals surface area contributed by atoms with Crippen LogP contribution in [-0.4, -0.2) is 50.0 Å². The summed E-state index contributed by atoms with van der Waals surface area (Å²) in [5.74, 6) is 0.567. The van der Waals surface area contributed by atoms with E-state index in [0.29, 0.717) is 45.4 Å².